The fourth-order valence-electron chi connectivity index (χ4n) is 4.53. The molecule has 0 amide bonds. The predicted molar refractivity (Wildman–Crippen MR) is 134 cm³/mol. The van der Waals surface area contributed by atoms with Crippen molar-refractivity contribution in [3.05, 3.63) is 130 Å². The van der Waals surface area contributed by atoms with Crippen molar-refractivity contribution in [1.29, 1.82) is 0 Å². The fraction of sp³-hybridized carbons (Fsp3) is 0.226. The maximum absolute atomic E-state index is 2.44. The number of hydrogen-bond acceptors (Lipinski definition) is 0. The summed E-state index contributed by atoms with van der Waals surface area (Å²) in [6.07, 6.45) is 3.22. The monoisotopic (exact) mass is 404 g/mol. The smallest absolute Gasteiger partial charge is 0.00869 e. The van der Waals surface area contributed by atoms with Crippen LogP contribution in [-0.2, 0) is 12.8 Å². The highest BCUT2D eigenvalue weighted by molar-refractivity contribution is 5.71. The summed E-state index contributed by atoms with van der Waals surface area (Å²) in [7, 11) is 0. The van der Waals surface area contributed by atoms with Crippen molar-refractivity contribution >= 4 is 0 Å². The highest BCUT2D eigenvalue weighted by Gasteiger charge is 2.15. The molecule has 4 aromatic rings. The summed E-state index contributed by atoms with van der Waals surface area (Å²) in [6, 6.07) is 35.8. The van der Waals surface area contributed by atoms with Gasteiger partial charge < -0.3 is 0 Å². The SMILES string of the molecule is CCC(c1ccc(C)cc1)c1ccc(C)c(-c2ccccc2CCc2ccccc2)c1. The fourth-order valence-corrected chi connectivity index (χ4v) is 4.53. The van der Waals surface area contributed by atoms with E-state index < -0.39 is 0 Å². The Kier molecular flexibility index (Phi) is 6.67. The molecule has 0 nitrogen and oxygen atoms in total. The van der Waals surface area contributed by atoms with Crippen molar-refractivity contribution in [3.8, 4) is 11.1 Å². The molecule has 156 valence electrons. The van der Waals surface area contributed by atoms with Gasteiger partial charge in [-0.15, -0.1) is 0 Å². The lowest BCUT2D eigenvalue weighted by atomic mass is 9.85. The van der Waals surface area contributed by atoms with Gasteiger partial charge in [-0.2, -0.15) is 0 Å². The van der Waals surface area contributed by atoms with Crippen molar-refractivity contribution in [2.75, 3.05) is 0 Å². The van der Waals surface area contributed by atoms with Gasteiger partial charge in [0, 0.05) is 5.92 Å². The van der Waals surface area contributed by atoms with Crippen LogP contribution in [0, 0.1) is 13.8 Å². The van der Waals surface area contributed by atoms with Crippen LogP contribution in [-0.4, -0.2) is 0 Å². The third kappa shape index (κ3) is 4.97. The summed E-state index contributed by atoms with van der Waals surface area (Å²) >= 11 is 0. The van der Waals surface area contributed by atoms with Crippen molar-refractivity contribution in [1.82, 2.24) is 0 Å². The van der Waals surface area contributed by atoms with Gasteiger partial charge in [-0.25, -0.2) is 0 Å². The van der Waals surface area contributed by atoms with E-state index in [2.05, 4.69) is 118 Å². The van der Waals surface area contributed by atoms with E-state index in [0.29, 0.717) is 5.92 Å². The minimum Gasteiger partial charge on any atom is -0.0645 e. The van der Waals surface area contributed by atoms with E-state index >= 15 is 0 Å². The molecular formula is C31H32. The van der Waals surface area contributed by atoms with Crippen molar-refractivity contribution in [3.63, 3.8) is 0 Å². The minimum absolute atomic E-state index is 0.427. The summed E-state index contributed by atoms with van der Waals surface area (Å²) in [5.41, 5.74) is 11.0. The van der Waals surface area contributed by atoms with Crippen LogP contribution in [0.3, 0.4) is 0 Å². The van der Waals surface area contributed by atoms with Gasteiger partial charge in [0.1, 0.15) is 0 Å². The van der Waals surface area contributed by atoms with E-state index in [9.17, 15) is 0 Å². The zero-order chi connectivity index (χ0) is 21.6. The first-order valence-corrected chi connectivity index (χ1v) is 11.4. The van der Waals surface area contributed by atoms with Crippen LogP contribution in [0.25, 0.3) is 11.1 Å². The molecule has 0 aliphatic carbocycles. The molecule has 0 N–H and O–H groups in total. The van der Waals surface area contributed by atoms with E-state index in [0.717, 1.165) is 19.3 Å². The second kappa shape index (κ2) is 9.79. The van der Waals surface area contributed by atoms with Crippen LogP contribution in [0.15, 0.2) is 97.1 Å². The zero-order valence-electron chi connectivity index (χ0n) is 18.9. The van der Waals surface area contributed by atoms with Crippen molar-refractivity contribution < 1.29 is 0 Å². The van der Waals surface area contributed by atoms with E-state index in [1.807, 2.05) is 0 Å². The zero-order valence-corrected chi connectivity index (χ0v) is 18.9. The van der Waals surface area contributed by atoms with Gasteiger partial charge in [-0.3, -0.25) is 0 Å². The van der Waals surface area contributed by atoms with Gasteiger partial charge in [-0.1, -0.05) is 110 Å². The van der Waals surface area contributed by atoms with E-state index in [-0.39, 0.29) is 0 Å². The number of aryl methyl sites for hydroxylation is 4. The molecule has 4 aromatic carbocycles. The molecule has 1 atom stereocenters. The molecule has 0 aliphatic heterocycles. The summed E-state index contributed by atoms with van der Waals surface area (Å²) in [4.78, 5) is 0. The van der Waals surface area contributed by atoms with Crippen LogP contribution < -0.4 is 0 Å². The highest BCUT2D eigenvalue weighted by Crippen LogP contribution is 2.34. The molecule has 0 aliphatic rings. The summed E-state index contributed by atoms with van der Waals surface area (Å²) in [5, 5.41) is 0. The van der Waals surface area contributed by atoms with Crippen LogP contribution in [0.2, 0.25) is 0 Å². The van der Waals surface area contributed by atoms with Gasteiger partial charge in [0.05, 0.1) is 0 Å². The lowest BCUT2D eigenvalue weighted by Crippen LogP contribution is -2.02. The first-order chi connectivity index (χ1) is 15.2. The minimum atomic E-state index is 0.427. The van der Waals surface area contributed by atoms with Gasteiger partial charge >= 0.3 is 0 Å². The second-order valence-electron chi connectivity index (χ2n) is 8.59. The van der Waals surface area contributed by atoms with Gasteiger partial charge in [0.2, 0.25) is 0 Å². The quantitative estimate of drug-likeness (QED) is 0.290. The average molecular weight is 405 g/mol. The summed E-state index contributed by atoms with van der Waals surface area (Å²) in [5.74, 6) is 0.427. The van der Waals surface area contributed by atoms with Crippen LogP contribution >= 0.6 is 0 Å². The normalized spacial score (nSPS) is 12.0. The van der Waals surface area contributed by atoms with Crippen molar-refractivity contribution in [2.45, 2.75) is 46.0 Å². The molecule has 0 radical (unpaired) electrons. The van der Waals surface area contributed by atoms with E-state index in [1.165, 1.54) is 44.5 Å². The van der Waals surface area contributed by atoms with Crippen molar-refractivity contribution in [2.24, 2.45) is 0 Å². The maximum Gasteiger partial charge on any atom is 0.00869 e. The Labute approximate surface area is 187 Å². The molecule has 0 heterocycles. The number of hydrogen-bond donors (Lipinski definition) is 0. The lowest BCUT2D eigenvalue weighted by Gasteiger charge is -2.20. The molecule has 31 heavy (non-hydrogen) atoms. The standard InChI is InChI=1S/C31H32/c1-4-29(27-18-14-23(2)15-19-27)28-20-16-24(3)31(22-28)30-13-9-8-12-26(30)21-17-25-10-6-5-7-11-25/h5-16,18-20,22,29H,4,17,21H2,1-3H3. The Morgan fingerprint density at radius 1 is 0.613 bits per heavy atom. The van der Waals surface area contributed by atoms with Crippen LogP contribution in [0.1, 0.15) is 52.6 Å². The molecular weight excluding hydrogens is 372 g/mol. The molecule has 0 saturated heterocycles. The molecule has 0 heteroatoms. The number of rotatable bonds is 7. The molecule has 0 spiro atoms. The van der Waals surface area contributed by atoms with E-state index in [1.54, 1.807) is 0 Å². The molecule has 0 bridgehead atoms. The average Bonchev–Trinajstić information content (AvgIpc) is 2.81. The lowest BCUT2D eigenvalue weighted by molar-refractivity contribution is 0.777. The van der Waals surface area contributed by atoms with Gasteiger partial charge in [0.25, 0.3) is 0 Å². The Hall–Kier alpha value is -3.12. The first-order valence-electron chi connectivity index (χ1n) is 11.4. The highest BCUT2D eigenvalue weighted by atomic mass is 14.2. The first kappa shape index (κ1) is 21.1. The van der Waals surface area contributed by atoms with Crippen LogP contribution in [0.5, 0.6) is 0 Å². The Bertz CT molecular complexity index is 1120. The van der Waals surface area contributed by atoms with Gasteiger partial charge in [0.15, 0.2) is 0 Å². The van der Waals surface area contributed by atoms with Crippen LogP contribution in [0.4, 0.5) is 0 Å². The maximum atomic E-state index is 2.44. The number of benzene rings is 4. The molecule has 0 fully saturated rings. The molecule has 0 saturated carbocycles. The molecule has 4 rings (SSSR count). The second-order valence-corrected chi connectivity index (χ2v) is 8.59. The summed E-state index contributed by atoms with van der Waals surface area (Å²) < 4.78 is 0. The van der Waals surface area contributed by atoms with E-state index in [4.69, 9.17) is 0 Å². The predicted octanol–water partition coefficient (Wildman–Crippen LogP) is 8.30. The molecule has 0 aromatic heterocycles. The summed E-state index contributed by atoms with van der Waals surface area (Å²) in [6.45, 7) is 6.68. The molecule has 1 unspecified atom stereocenters. The Morgan fingerprint density at radius 2 is 1.29 bits per heavy atom. The van der Waals surface area contributed by atoms with Gasteiger partial charge in [-0.05, 0) is 72.1 Å². The largest absolute Gasteiger partial charge is 0.0645 e. The topological polar surface area (TPSA) is 0 Å². The third-order valence-corrected chi connectivity index (χ3v) is 6.39. The Balaban J connectivity index is 1.68. The Morgan fingerprint density at radius 3 is 2.03 bits per heavy atom. The third-order valence-electron chi connectivity index (χ3n) is 6.39.